The van der Waals surface area contributed by atoms with Crippen LogP contribution in [-0.4, -0.2) is 29.3 Å². The van der Waals surface area contributed by atoms with Gasteiger partial charge in [-0.1, -0.05) is 0 Å². The highest BCUT2D eigenvalue weighted by atomic mass is 79.9. The molecule has 0 aliphatic carbocycles. The van der Waals surface area contributed by atoms with Crippen LogP contribution < -0.4 is 5.32 Å². The van der Waals surface area contributed by atoms with Gasteiger partial charge in [0.05, 0.1) is 13.0 Å². The first-order valence-corrected chi connectivity index (χ1v) is 7.30. The van der Waals surface area contributed by atoms with Crippen LogP contribution in [0, 0.1) is 0 Å². The standard InChI is InChI=1S/C14H19BrN2O4/c1-5-20-12(18)7-9-6-11(16-8-10(9)15)17-13(19)21-14(2,3)4/h6,8H,5,7H2,1-4H3,(H,16,17,19). The molecule has 7 heteroatoms. The number of ether oxygens (including phenoxy) is 2. The summed E-state index contributed by atoms with van der Waals surface area (Å²) in [6.45, 7) is 7.38. The second kappa shape index (κ2) is 7.40. The van der Waals surface area contributed by atoms with Gasteiger partial charge in [0, 0.05) is 10.7 Å². The average Bonchev–Trinajstić information content (AvgIpc) is 2.31. The van der Waals surface area contributed by atoms with Crippen LogP contribution in [0.2, 0.25) is 0 Å². The van der Waals surface area contributed by atoms with Gasteiger partial charge in [0.1, 0.15) is 11.4 Å². The highest BCUT2D eigenvalue weighted by Gasteiger charge is 2.17. The third-order valence-electron chi connectivity index (χ3n) is 2.20. The first-order valence-electron chi connectivity index (χ1n) is 6.51. The Balaban J connectivity index is 2.77. The Morgan fingerprint density at radius 2 is 2.05 bits per heavy atom. The molecule has 0 spiro atoms. The molecule has 1 amide bonds. The van der Waals surface area contributed by atoms with Gasteiger partial charge < -0.3 is 9.47 Å². The minimum absolute atomic E-state index is 0.0972. The van der Waals surface area contributed by atoms with E-state index in [1.165, 1.54) is 6.20 Å². The molecule has 0 saturated heterocycles. The Bertz CT molecular complexity index is 526. The molecule has 0 unspecified atom stereocenters. The summed E-state index contributed by atoms with van der Waals surface area (Å²) in [7, 11) is 0. The lowest BCUT2D eigenvalue weighted by atomic mass is 10.2. The zero-order valence-corrected chi connectivity index (χ0v) is 14.1. The van der Waals surface area contributed by atoms with E-state index in [1.54, 1.807) is 33.8 Å². The first kappa shape index (κ1) is 17.4. The molecule has 0 aromatic carbocycles. The van der Waals surface area contributed by atoms with Gasteiger partial charge in [0.25, 0.3) is 0 Å². The van der Waals surface area contributed by atoms with Crippen molar-refractivity contribution in [2.75, 3.05) is 11.9 Å². The predicted molar refractivity (Wildman–Crippen MR) is 82.1 cm³/mol. The molecule has 0 saturated carbocycles. The number of aromatic nitrogens is 1. The van der Waals surface area contributed by atoms with Gasteiger partial charge in [0.15, 0.2) is 0 Å². The number of hydrogen-bond acceptors (Lipinski definition) is 5. The van der Waals surface area contributed by atoms with E-state index >= 15 is 0 Å². The van der Waals surface area contributed by atoms with Crippen LogP contribution in [0.1, 0.15) is 33.3 Å². The smallest absolute Gasteiger partial charge is 0.413 e. The maximum Gasteiger partial charge on any atom is 0.413 e. The van der Waals surface area contributed by atoms with Crippen molar-refractivity contribution < 1.29 is 19.1 Å². The van der Waals surface area contributed by atoms with E-state index in [0.29, 0.717) is 22.5 Å². The van der Waals surface area contributed by atoms with Crippen molar-refractivity contribution >= 4 is 33.8 Å². The minimum Gasteiger partial charge on any atom is -0.466 e. The Labute approximate surface area is 132 Å². The van der Waals surface area contributed by atoms with Crippen LogP contribution >= 0.6 is 15.9 Å². The van der Waals surface area contributed by atoms with Crippen LogP contribution in [0.5, 0.6) is 0 Å². The number of nitrogens with zero attached hydrogens (tertiary/aromatic N) is 1. The monoisotopic (exact) mass is 358 g/mol. The fourth-order valence-electron chi connectivity index (χ4n) is 1.46. The van der Waals surface area contributed by atoms with Crippen LogP contribution in [0.3, 0.4) is 0 Å². The molecule has 0 fully saturated rings. The van der Waals surface area contributed by atoms with Gasteiger partial charge >= 0.3 is 12.1 Å². The summed E-state index contributed by atoms with van der Waals surface area (Å²) in [6, 6.07) is 1.60. The van der Waals surface area contributed by atoms with E-state index in [9.17, 15) is 9.59 Å². The number of amides is 1. The first-order chi connectivity index (χ1) is 9.71. The van der Waals surface area contributed by atoms with Gasteiger partial charge in [-0.2, -0.15) is 0 Å². The maximum atomic E-state index is 11.7. The molecule has 1 aromatic heterocycles. The SMILES string of the molecule is CCOC(=O)Cc1cc(NC(=O)OC(C)(C)C)ncc1Br. The molecule has 1 aromatic rings. The summed E-state index contributed by atoms with van der Waals surface area (Å²) >= 11 is 3.31. The molecule has 1 rings (SSSR count). The zero-order chi connectivity index (χ0) is 16.0. The topological polar surface area (TPSA) is 77.5 Å². The van der Waals surface area contributed by atoms with Gasteiger partial charge in [-0.15, -0.1) is 0 Å². The van der Waals surface area contributed by atoms with Crippen molar-refractivity contribution in [2.24, 2.45) is 0 Å². The lowest BCUT2D eigenvalue weighted by Gasteiger charge is -2.19. The summed E-state index contributed by atoms with van der Waals surface area (Å²) in [5, 5.41) is 2.53. The third-order valence-corrected chi connectivity index (χ3v) is 2.92. The van der Waals surface area contributed by atoms with Gasteiger partial charge in [-0.25, -0.2) is 9.78 Å². The van der Waals surface area contributed by atoms with Crippen molar-refractivity contribution in [3.63, 3.8) is 0 Å². The average molecular weight is 359 g/mol. The predicted octanol–water partition coefficient (Wildman–Crippen LogP) is 3.30. The van der Waals surface area contributed by atoms with Crippen LogP contribution in [0.4, 0.5) is 10.6 Å². The van der Waals surface area contributed by atoms with Gasteiger partial charge in [0.2, 0.25) is 0 Å². The lowest BCUT2D eigenvalue weighted by molar-refractivity contribution is -0.142. The molecule has 0 radical (unpaired) electrons. The van der Waals surface area contributed by atoms with Crippen LogP contribution in [0.25, 0.3) is 0 Å². The Hall–Kier alpha value is -1.63. The van der Waals surface area contributed by atoms with Gasteiger partial charge in [-0.3, -0.25) is 10.1 Å². The zero-order valence-electron chi connectivity index (χ0n) is 12.5. The molecule has 6 nitrogen and oxygen atoms in total. The second-order valence-corrected chi connectivity index (χ2v) is 6.12. The molecule has 1 heterocycles. The number of halogens is 1. The van der Waals surface area contributed by atoms with Crippen molar-refractivity contribution in [2.45, 2.75) is 39.7 Å². The maximum absolute atomic E-state index is 11.7. The van der Waals surface area contributed by atoms with E-state index in [0.717, 1.165) is 0 Å². The van der Waals surface area contributed by atoms with E-state index in [-0.39, 0.29) is 12.4 Å². The number of carbonyl (C=O) groups excluding carboxylic acids is 2. The number of esters is 1. The molecule has 0 aliphatic rings. The molecule has 1 N–H and O–H groups in total. The lowest BCUT2D eigenvalue weighted by Crippen LogP contribution is -2.27. The summed E-state index contributed by atoms with van der Waals surface area (Å²) in [6.07, 6.45) is 1.01. The molecular formula is C14H19BrN2O4. The Morgan fingerprint density at radius 1 is 1.38 bits per heavy atom. The number of nitrogens with one attached hydrogen (secondary N) is 1. The summed E-state index contributed by atoms with van der Waals surface area (Å²) in [5.74, 6) is -0.0284. The molecule has 0 bridgehead atoms. The van der Waals surface area contributed by atoms with E-state index in [2.05, 4.69) is 26.2 Å². The number of hydrogen-bond donors (Lipinski definition) is 1. The number of anilines is 1. The largest absolute Gasteiger partial charge is 0.466 e. The summed E-state index contributed by atoms with van der Waals surface area (Å²) in [5.41, 5.74) is 0.0854. The van der Waals surface area contributed by atoms with E-state index in [4.69, 9.17) is 9.47 Å². The third kappa shape index (κ3) is 6.57. The molecule has 0 atom stereocenters. The van der Waals surface area contributed by atoms with Crippen molar-refractivity contribution in [1.29, 1.82) is 0 Å². The Kier molecular flexibility index (Phi) is 6.14. The summed E-state index contributed by atoms with van der Waals surface area (Å²) in [4.78, 5) is 27.2. The fourth-order valence-corrected chi connectivity index (χ4v) is 1.82. The van der Waals surface area contributed by atoms with Crippen molar-refractivity contribution in [3.8, 4) is 0 Å². The molecule has 116 valence electrons. The minimum atomic E-state index is -0.598. The molecular weight excluding hydrogens is 340 g/mol. The van der Waals surface area contributed by atoms with E-state index < -0.39 is 11.7 Å². The quantitative estimate of drug-likeness (QED) is 0.835. The molecule has 21 heavy (non-hydrogen) atoms. The number of carbonyl (C=O) groups is 2. The van der Waals surface area contributed by atoms with Crippen LogP contribution in [0.15, 0.2) is 16.7 Å². The highest BCUT2D eigenvalue weighted by Crippen LogP contribution is 2.20. The Morgan fingerprint density at radius 3 is 2.62 bits per heavy atom. The number of rotatable bonds is 4. The number of pyridine rings is 1. The van der Waals surface area contributed by atoms with Crippen LogP contribution in [-0.2, 0) is 20.7 Å². The summed E-state index contributed by atoms with van der Waals surface area (Å²) < 4.78 is 10.7. The van der Waals surface area contributed by atoms with Gasteiger partial charge in [-0.05, 0) is 55.3 Å². The normalized spacial score (nSPS) is 10.9. The molecule has 0 aliphatic heterocycles. The van der Waals surface area contributed by atoms with Crippen molar-refractivity contribution in [3.05, 3.63) is 22.3 Å². The van der Waals surface area contributed by atoms with E-state index in [1.807, 2.05) is 0 Å². The van der Waals surface area contributed by atoms with Crippen molar-refractivity contribution in [1.82, 2.24) is 4.98 Å². The highest BCUT2D eigenvalue weighted by molar-refractivity contribution is 9.10. The fraction of sp³-hybridized carbons (Fsp3) is 0.500. The second-order valence-electron chi connectivity index (χ2n) is 5.27.